The second-order valence-electron chi connectivity index (χ2n) is 33.0. The summed E-state index contributed by atoms with van der Waals surface area (Å²) in [7, 11) is 0. The molecule has 11 saturated heterocycles. The maximum Gasteiger partial charge on any atom is 0.217 e. The van der Waals surface area contributed by atoms with Crippen LogP contribution in [-0.2, 0) is 114 Å². The molecule has 55 atom stereocenters. The summed E-state index contributed by atoms with van der Waals surface area (Å²) in [6.45, 7) is -2.85. The molecule has 11 fully saturated rings. The van der Waals surface area contributed by atoms with Gasteiger partial charge in [0.15, 0.2) is 69.2 Å². The lowest BCUT2D eigenvalue weighted by Crippen LogP contribution is -2.71. The number of carbonyl (C=O) groups is 3. The number of carbonyl (C=O) groups excluding carboxylic acids is 3. The molecule has 0 aromatic carbocycles. The molecule has 56 nitrogen and oxygen atoms in total. The number of ether oxygens (including phenoxy) is 21. The summed E-state index contributed by atoms with van der Waals surface area (Å²) in [6.07, 6.45) is -108. The standard InChI is InChI=1S/C72H121N3O53/c1-15-32(86)41(95)48(102)66(109-15)124-57-31(75-20(6)85)63(118-27(13-82)54(57)121-69-51(105)58(39(93)25(11-80)115-69)125-64-29(73-18(4)83)55(37(91)23(9-78)113-64)122-71-60(44(98)35(89)21(7-76)116-71)127-67-49(103)42(96)33(87)16(2)110-67)108-14-28-40(94)59(52(106)70(119-28)120-53-26(12-81)112-62(107)47(101)46(53)100)126-65-30(74-19(5)84)56(38(92)24(10-79)114-65)123-72-61(45(99)36(90)22(8-77)117-72)128-68-50(104)43(97)34(88)17(3)111-68/h15-17,21-72,76-82,86-107H,7-14H2,1-6H3,(H,73,83)(H,74,84)(H,75,85)/t15-,16-,17-,21+,22+,23+,24+,25+,26+,27+,28+,29+,30+,31+,32+,33+,34+,35-,36-,37+,38+,39-,40-,41+,42+,43+,44-,45-,46+,47+,48-,49-,50-,51+,52+,53+,54+,55+,56+,57+,58-,59-,60+,61+,62?,63+,64-,65-,66-,67-,68-,69-,70-,71-,72-/m0/s1. The Hall–Kier alpha value is -3.59. The Bertz CT molecular complexity index is 3460. The summed E-state index contributed by atoms with van der Waals surface area (Å²) >= 11 is 0. The highest BCUT2D eigenvalue weighted by Crippen LogP contribution is 2.42. The molecule has 11 rings (SSSR count). The lowest BCUT2D eigenvalue weighted by molar-refractivity contribution is -0.395. The molecule has 128 heavy (non-hydrogen) atoms. The number of hydrogen-bond acceptors (Lipinski definition) is 53. The van der Waals surface area contributed by atoms with E-state index >= 15 is 0 Å². The number of hydrogen-bond donors (Lipinski definition) is 32. The molecule has 1 unspecified atom stereocenters. The van der Waals surface area contributed by atoms with Gasteiger partial charge in [-0.1, -0.05) is 0 Å². The molecule has 0 aliphatic carbocycles. The zero-order chi connectivity index (χ0) is 94.1. The van der Waals surface area contributed by atoms with Crippen LogP contribution < -0.4 is 16.0 Å². The molecular weight excluding hydrogens is 1750 g/mol. The molecule has 0 bridgehead atoms. The van der Waals surface area contributed by atoms with Crippen molar-refractivity contribution in [2.75, 3.05) is 52.9 Å². The minimum absolute atomic E-state index is 0.905. The molecule has 742 valence electrons. The number of rotatable bonds is 31. The predicted molar refractivity (Wildman–Crippen MR) is 393 cm³/mol. The van der Waals surface area contributed by atoms with Gasteiger partial charge in [-0.15, -0.1) is 0 Å². The van der Waals surface area contributed by atoms with Crippen LogP contribution in [0.1, 0.15) is 41.5 Å². The number of aliphatic hydroxyl groups is 29. The van der Waals surface area contributed by atoms with Gasteiger partial charge in [0.2, 0.25) is 17.7 Å². The largest absolute Gasteiger partial charge is 0.394 e. The monoisotopic (exact) mass is 1880 g/mol. The van der Waals surface area contributed by atoms with Gasteiger partial charge in [0.1, 0.15) is 250 Å². The van der Waals surface area contributed by atoms with Gasteiger partial charge in [0.05, 0.1) is 71.2 Å². The smallest absolute Gasteiger partial charge is 0.217 e. The third-order valence-corrected chi connectivity index (χ3v) is 24.1. The van der Waals surface area contributed by atoms with Gasteiger partial charge in [0, 0.05) is 20.8 Å². The van der Waals surface area contributed by atoms with E-state index in [2.05, 4.69) is 16.0 Å². The van der Waals surface area contributed by atoms with E-state index in [0.717, 1.165) is 20.8 Å². The molecule has 0 saturated carbocycles. The molecule has 0 aromatic heterocycles. The lowest BCUT2D eigenvalue weighted by atomic mass is 9.93. The summed E-state index contributed by atoms with van der Waals surface area (Å²) in [5.41, 5.74) is 0. The van der Waals surface area contributed by atoms with Crippen molar-refractivity contribution in [2.45, 2.75) is 379 Å². The second kappa shape index (κ2) is 45.1. The minimum Gasteiger partial charge on any atom is -0.394 e. The van der Waals surface area contributed by atoms with Crippen LogP contribution in [0.2, 0.25) is 0 Å². The van der Waals surface area contributed by atoms with Crippen molar-refractivity contribution in [3.63, 3.8) is 0 Å². The summed E-state index contributed by atoms with van der Waals surface area (Å²) in [6, 6.07) is -6.08. The average Bonchev–Trinajstić information content (AvgIpc) is 0.759. The van der Waals surface area contributed by atoms with Gasteiger partial charge in [-0.3, -0.25) is 14.4 Å². The number of amides is 3. The van der Waals surface area contributed by atoms with Crippen LogP contribution in [0.5, 0.6) is 0 Å². The van der Waals surface area contributed by atoms with E-state index in [-0.39, 0.29) is 0 Å². The maximum atomic E-state index is 13.7. The van der Waals surface area contributed by atoms with Gasteiger partial charge >= 0.3 is 0 Å². The Labute approximate surface area is 725 Å². The molecule has 56 heteroatoms. The van der Waals surface area contributed by atoms with E-state index in [9.17, 15) is 162 Å². The topological polar surface area (TPSA) is 868 Å². The summed E-state index contributed by atoms with van der Waals surface area (Å²) in [4.78, 5) is 40.4. The van der Waals surface area contributed by atoms with Crippen molar-refractivity contribution in [3.8, 4) is 0 Å². The van der Waals surface area contributed by atoms with Crippen LogP contribution in [0, 0.1) is 0 Å². The van der Waals surface area contributed by atoms with Crippen molar-refractivity contribution < 1.29 is 262 Å². The van der Waals surface area contributed by atoms with Crippen LogP contribution >= 0.6 is 0 Å². The van der Waals surface area contributed by atoms with Gasteiger partial charge in [0.25, 0.3) is 0 Å². The first-order chi connectivity index (χ1) is 60.5. The molecule has 3 amide bonds. The van der Waals surface area contributed by atoms with Crippen LogP contribution in [0.15, 0.2) is 0 Å². The quantitative estimate of drug-likeness (QED) is 0.0306. The molecule has 11 aliphatic heterocycles. The third-order valence-electron chi connectivity index (χ3n) is 24.1. The number of nitrogens with one attached hydrogen (secondary N) is 3. The van der Waals surface area contributed by atoms with Crippen molar-refractivity contribution >= 4 is 17.7 Å². The Morgan fingerprint density at radius 2 is 0.477 bits per heavy atom. The fourth-order valence-electron chi connectivity index (χ4n) is 16.8. The van der Waals surface area contributed by atoms with Crippen LogP contribution in [-0.4, -0.2) is 556 Å². The van der Waals surface area contributed by atoms with Crippen molar-refractivity contribution in [3.05, 3.63) is 0 Å². The zero-order valence-corrected chi connectivity index (χ0v) is 69.2. The second-order valence-corrected chi connectivity index (χ2v) is 33.0. The van der Waals surface area contributed by atoms with Crippen LogP contribution in [0.3, 0.4) is 0 Å². The highest BCUT2D eigenvalue weighted by atomic mass is 16.8. The maximum absolute atomic E-state index is 13.7. The van der Waals surface area contributed by atoms with E-state index in [1.165, 1.54) is 20.8 Å². The molecule has 11 aliphatic rings. The van der Waals surface area contributed by atoms with Gasteiger partial charge in [-0.2, -0.15) is 0 Å². The molecule has 11 heterocycles. The van der Waals surface area contributed by atoms with E-state index < -0.39 is 408 Å². The fraction of sp³-hybridized carbons (Fsp3) is 0.958. The van der Waals surface area contributed by atoms with Crippen LogP contribution in [0.4, 0.5) is 0 Å². The first-order valence-electron chi connectivity index (χ1n) is 41.2. The van der Waals surface area contributed by atoms with E-state index in [0.29, 0.717) is 0 Å². The predicted octanol–water partition coefficient (Wildman–Crippen LogP) is -21.5. The Morgan fingerprint density at radius 3 is 0.844 bits per heavy atom. The van der Waals surface area contributed by atoms with Crippen molar-refractivity contribution in [1.29, 1.82) is 0 Å². The van der Waals surface area contributed by atoms with E-state index in [4.69, 9.17) is 99.5 Å². The Balaban J connectivity index is 0.908. The molecule has 32 N–H and O–H groups in total. The first kappa shape index (κ1) is 105. The van der Waals surface area contributed by atoms with E-state index in [1.807, 2.05) is 0 Å². The summed E-state index contributed by atoms with van der Waals surface area (Å²) in [5, 5.41) is 332. The Morgan fingerprint density at radius 1 is 0.219 bits per heavy atom. The molecule has 0 radical (unpaired) electrons. The average molecular weight is 1880 g/mol. The fourth-order valence-corrected chi connectivity index (χ4v) is 16.8. The normalized spacial score (nSPS) is 51.6. The molecule has 0 spiro atoms. The first-order valence-corrected chi connectivity index (χ1v) is 41.2. The summed E-state index contributed by atoms with van der Waals surface area (Å²) in [5.74, 6) is -3.04. The van der Waals surface area contributed by atoms with Gasteiger partial charge < -0.3 is 264 Å². The third kappa shape index (κ3) is 22.5. The van der Waals surface area contributed by atoms with Crippen molar-refractivity contribution in [1.82, 2.24) is 16.0 Å². The highest BCUT2D eigenvalue weighted by molar-refractivity contribution is 5.74. The minimum atomic E-state index is -2.51. The number of aliphatic hydroxyl groups excluding tert-OH is 29. The lowest BCUT2D eigenvalue weighted by Gasteiger charge is -2.52. The van der Waals surface area contributed by atoms with Gasteiger partial charge in [-0.25, -0.2) is 0 Å². The highest BCUT2D eigenvalue weighted by Gasteiger charge is 2.63. The zero-order valence-electron chi connectivity index (χ0n) is 69.2. The van der Waals surface area contributed by atoms with Crippen molar-refractivity contribution in [2.24, 2.45) is 0 Å². The summed E-state index contributed by atoms with van der Waals surface area (Å²) < 4.78 is 126. The van der Waals surface area contributed by atoms with E-state index in [1.54, 1.807) is 0 Å². The van der Waals surface area contributed by atoms with Crippen LogP contribution in [0.25, 0.3) is 0 Å². The SMILES string of the molecule is CC(=O)N[C@H]1[C@H](OC[C@H]2O[C@@H](O[C@H]3[C@H](O)[C@@H](O)C(O)O[C@@H]3CO)[C@H](O)[C@@H](O[C@@H]3O[C@H](CO)[C@@H](O)[C@H](O[C@@H]4O[C@H](CO)[C@H](O)[C@H](O)[C@H]4O[C@@H]4O[C@@H](C)[C@@H](O)[C@@H](O)[C@@H]4O)[C@H]3NC(C)=O)[C@H]2O)O[C@H](CO)[C@@H](O[C@@H]2O[C@H](CO)[C@H](O)[C@H](O[C@@H]3O[C@H](CO)[C@@H](O)[C@H](O[C@@H]4O[C@H](CO)[C@H](O)[C@H](O)[C@H]4O[C@@H]4O[C@@H](C)[C@@H](O)[C@@H](O)[C@@H]4O)[C@H]3NC(C)=O)[C@H]2O)[C@@H]1O[C@@H]1O[C@@H](C)[C@@H](O)[C@@H](O)[C@@H]1O. The van der Waals surface area contributed by atoms with Gasteiger partial charge in [-0.05, 0) is 20.8 Å². The molecular formula is C72H121N3O53. The molecule has 0 aromatic rings. The Kier molecular flexibility index (Phi) is 37.0.